The Balaban J connectivity index is 1.54. The largest absolute Gasteiger partial charge is 0.386 e. The fourth-order valence-corrected chi connectivity index (χ4v) is 3.45. The first-order valence-corrected chi connectivity index (χ1v) is 8.89. The first kappa shape index (κ1) is 17.2. The average Bonchev–Trinajstić information content (AvgIpc) is 3.05. The highest BCUT2D eigenvalue weighted by Gasteiger charge is 2.21. The van der Waals surface area contributed by atoms with E-state index in [2.05, 4.69) is 17.6 Å². The van der Waals surface area contributed by atoms with Crippen LogP contribution in [0.5, 0.6) is 0 Å². The molecular formula is C16H26N2O3S. The predicted molar refractivity (Wildman–Crippen MR) is 88.1 cm³/mol. The van der Waals surface area contributed by atoms with Gasteiger partial charge < -0.3 is 20.5 Å². The molecule has 1 saturated carbocycles. The zero-order valence-electron chi connectivity index (χ0n) is 13.1. The van der Waals surface area contributed by atoms with Crippen LogP contribution in [0, 0.1) is 5.92 Å². The normalized spacial score (nSPS) is 23.0. The zero-order valence-corrected chi connectivity index (χ0v) is 13.9. The number of rotatable bonds is 7. The van der Waals surface area contributed by atoms with Crippen molar-refractivity contribution in [3.8, 4) is 0 Å². The summed E-state index contributed by atoms with van der Waals surface area (Å²) < 4.78 is 5.84. The third-order valence-corrected chi connectivity index (χ3v) is 5.05. The van der Waals surface area contributed by atoms with E-state index >= 15 is 0 Å². The van der Waals surface area contributed by atoms with Crippen LogP contribution in [0.2, 0.25) is 0 Å². The van der Waals surface area contributed by atoms with Crippen molar-refractivity contribution in [3.63, 3.8) is 0 Å². The second-order valence-corrected chi connectivity index (χ2v) is 6.82. The van der Waals surface area contributed by atoms with Crippen molar-refractivity contribution >= 4 is 17.4 Å². The summed E-state index contributed by atoms with van der Waals surface area (Å²) >= 11 is 1.48. The fourth-order valence-electron chi connectivity index (χ4n) is 2.74. The molecule has 0 unspecified atom stereocenters. The van der Waals surface area contributed by atoms with Crippen molar-refractivity contribution in [3.05, 3.63) is 22.4 Å². The Hall–Kier alpha value is -1.11. The highest BCUT2D eigenvalue weighted by Crippen LogP contribution is 2.25. The molecule has 5 nitrogen and oxygen atoms in total. The lowest BCUT2D eigenvalue weighted by Gasteiger charge is -2.28. The molecule has 2 rings (SSSR count). The van der Waals surface area contributed by atoms with E-state index in [0.29, 0.717) is 25.2 Å². The molecule has 124 valence electrons. The standard InChI is InChI=1S/C16H26N2O3S/c1-12-5-2-3-6-14(12)21-9-8-17-16(20)18-11-13(19)15-7-4-10-22-15/h4,7,10,12-14,19H,2-3,5-6,8-9,11H2,1H3,(H2,17,18,20)/t12-,13+,14-/m0/s1. The zero-order chi connectivity index (χ0) is 15.8. The van der Waals surface area contributed by atoms with Gasteiger partial charge in [0.05, 0.1) is 19.3 Å². The lowest BCUT2D eigenvalue weighted by Crippen LogP contribution is -2.40. The Morgan fingerprint density at radius 3 is 3.00 bits per heavy atom. The van der Waals surface area contributed by atoms with Crippen LogP contribution in [0.25, 0.3) is 0 Å². The average molecular weight is 326 g/mol. The van der Waals surface area contributed by atoms with E-state index in [1.165, 1.54) is 30.6 Å². The van der Waals surface area contributed by atoms with Gasteiger partial charge >= 0.3 is 6.03 Å². The highest BCUT2D eigenvalue weighted by molar-refractivity contribution is 7.10. The highest BCUT2D eigenvalue weighted by atomic mass is 32.1. The van der Waals surface area contributed by atoms with Gasteiger partial charge in [-0.05, 0) is 30.2 Å². The molecule has 0 aliphatic heterocycles. The van der Waals surface area contributed by atoms with Crippen LogP contribution in [0.15, 0.2) is 17.5 Å². The molecule has 0 bridgehead atoms. The van der Waals surface area contributed by atoms with Crippen LogP contribution in [-0.2, 0) is 4.74 Å². The van der Waals surface area contributed by atoms with Crippen molar-refractivity contribution in [2.75, 3.05) is 19.7 Å². The number of urea groups is 1. The molecule has 0 radical (unpaired) electrons. The van der Waals surface area contributed by atoms with Gasteiger partial charge in [0.2, 0.25) is 0 Å². The maximum absolute atomic E-state index is 11.6. The monoisotopic (exact) mass is 326 g/mol. The number of aliphatic hydroxyl groups excluding tert-OH is 1. The Bertz CT molecular complexity index is 439. The molecule has 1 aromatic rings. The Morgan fingerprint density at radius 2 is 2.27 bits per heavy atom. The quantitative estimate of drug-likeness (QED) is 0.675. The summed E-state index contributed by atoms with van der Waals surface area (Å²) in [7, 11) is 0. The van der Waals surface area contributed by atoms with Gasteiger partial charge in [0.15, 0.2) is 0 Å². The smallest absolute Gasteiger partial charge is 0.314 e. The molecule has 1 aliphatic rings. The summed E-state index contributed by atoms with van der Waals surface area (Å²) in [6, 6.07) is 3.47. The number of thiophene rings is 1. The predicted octanol–water partition coefficient (Wildman–Crippen LogP) is 2.68. The van der Waals surface area contributed by atoms with Crippen LogP contribution in [0.4, 0.5) is 4.79 Å². The van der Waals surface area contributed by atoms with Crippen molar-refractivity contribution in [1.82, 2.24) is 10.6 Å². The van der Waals surface area contributed by atoms with Crippen LogP contribution in [0.1, 0.15) is 43.6 Å². The number of nitrogens with one attached hydrogen (secondary N) is 2. The second-order valence-electron chi connectivity index (χ2n) is 5.84. The SMILES string of the molecule is C[C@H]1CCCC[C@@H]1OCCNC(=O)NC[C@@H](O)c1cccs1. The minimum absolute atomic E-state index is 0.215. The van der Waals surface area contributed by atoms with Gasteiger partial charge in [-0.15, -0.1) is 11.3 Å². The maximum Gasteiger partial charge on any atom is 0.314 e. The number of carbonyl (C=O) groups is 1. The molecule has 1 aliphatic carbocycles. The van der Waals surface area contributed by atoms with E-state index in [0.717, 1.165) is 11.3 Å². The van der Waals surface area contributed by atoms with Crippen LogP contribution < -0.4 is 10.6 Å². The van der Waals surface area contributed by atoms with E-state index in [9.17, 15) is 9.90 Å². The van der Waals surface area contributed by atoms with Crippen molar-refractivity contribution in [1.29, 1.82) is 0 Å². The summed E-state index contributed by atoms with van der Waals surface area (Å²) in [6.45, 7) is 3.48. The van der Waals surface area contributed by atoms with Gasteiger partial charge in [0, 0.05) is 11.4 Å². The van der Waals surface area contributed by atoms with Gasteiger partial charge in [0.25, 0.3) is 0 Å². The van der Waals surface area contributed by atoms with E-state index < -0.39 is 6.10 Å². The second kappa shape index (κ2) is 9.12. The molecule has 3 N–H and O–H groups in total. The fraction of sp³-hybridized carbons (Fsp3) is 0.688. The summed E-state index contributed by atoms with van der Waals surface area (Å²) in [5.74, 6) is 0.614. The van der Waals surface area contributed by atoms with Crippen molar-refractivity contribution in [2.24, 2.45) is 5.92 Å². The number of aliphatic hydroxyl groups is 1. The molecule has 3 atom stereocenters. The summed E-state index contributed by atoms with van der Waals surface area (Å²) in [4.78, 5) is 12.5. The van der Waals surface area contributed by atoms with Crippen molar-refractivity contribution in [2.45, 2.75) is 44.8 Å². The molecule has 1 heterocycles. The summed E-state index contributed by atoms with van der Waals surface area (Å²) in [5.41, 5.74) is 0. The van der Waals surface area contributed by atoms with Gasteiger partial charge in [-0.2, -0.15) is 0 Å². The van der Waals surface area contributed by atoms with Gasteiger partial charge in [-0.3, -0.25) is 0 Å². The molecule has 2 amide bonds. The molecule has 1 fully saturated rings. The maximum atomic E-state index is 11.6. The first-order valence-electron chi connectivity index (χ1n) is 8.01. The van der Waals surface area contributed by atoms with Crippen LogP contribution in [0.3, 0.4) is 0 Å². The summed E-state index contributed by atoms with van der Waals surface area (Å²) in [5, 5.41) is 17.2. The van der Waals surface area contributed by atoms with E-state index in [1.807, 2.05) is 17.5 Å². The third kappa shape index (κ3) is 5.59. The lowest BCUT2D eigenvalue weighted by molar-refractivity contribution is -0.00244. The van der Waals surface area contributed by atoms with Crippen molar-refractivity contribution < 1.29 is 14.6 Å². The minimum Gasteiger partial charge on any atom is -0.386 e. The number of carbonyl (C=O) groups excluding carboxylic acids is 1. The number of amides is 2. The van der Waals surface area contributed by atoms with Gasteiger partial charge in [-0.1, -0.05) is 25.8 Å². The van der Waals surface area contributed by atoms with Crippen LogP contribution >= 0.6 is 11.3 Å². The van der Waals surface area contributed by atoms with E-state index in [1.54, 1.807) is 0 Å². The lowest BCUT2D eigenvalue weighted by atomic mass is 9.88. The molecule has 0 saturated heterocycles. The van der Waals surface area contributed by atoms with Crippen LogP contribution in [-0.4, -0.2) is 36.9 Å². The van der Waals surface area contributed by atoms with E-state index in [4.69, 9.17) is 4.74 Å². The molecule has 22 heavy (non-hydrogen) atoms. The Kier molecular flexibility index (Phi) is 7.15. The molecule has 0 aromatic carbocycles. The molecule has 6 heteroatoms. The van der Waals surface area contributed by atoms with E-state index in [-0.39, 0.29) is 12.6 Å². The molecular weight excluding hydrogens is 300 g/mol. The summed E-state index contributed by atoms with van der Waals surface area (Å²) in [6.07, 6.45) is 4.58. The molecule has 1 aromatic heterocycles. The topological polar surface area (TPSA) is 70.6 Å². The molecule has 0 spiro atoms. The number of hydrogen-bond donors (Lipinski definition) is 3. The Morgan fingerprint density at radius 1 is 1.45 bits per heavy atom. The van der Waals surface area contributed by atoms with Gasteiger partial charge in [0.1, 0.15) is 6.10 Å². The Labute approximate surface area is 136 Å². The third-order valence-electron chi connectivity index (χ3n) is 4.08. The number of ether oxygens (including phenoxy) is 1. The first-order chi connectivity index (χ1) is 10.7. The van der Waals surface area contributed by atoms with Gasteiger partial charge in [-0.25, -0.2) is 4.79 Å². The minimum atomic E-state index is -0.648. The number of hydrogen-bond acceptors (Lipinski definition) is 4.